The fraction of sp³-hybridized carbons (Fsp3) is 0.240. The number of carbonyl (C=O) groups excluding carboxylic acids is 1. The van der Waals surface area contributed by atoms with Crippen LogP contribution in [-0.4, -0.2) is 24.7 Å². The summed E-state index contributed by atoms with van der Waals surface area (Å²) >= 11 is 0. The Kier molecular flexibility index (Phi) is 6.68. The maximum absolute atomic E-state index is 12.6. The Bertz CT molecular complexity index is 941. The van der Waals surface area contributed by atoms with Crippen molar-refractivity contribution in [3.05, 3.63) is 101 Å². The molecular formula is C25H27NO3. The molecule has 3 rings (SSSR count). The topological polar surface area (TPSA) is 58.6 Å². The molecule has 4 nitrogen and oxygen atoms in total. The van der Waals surface area contributed by atoms with Gasteiger partial charge in [0.1, 0.15) is 11.4 Å². The molecule has 2 N–H and O–H groups in total. The molecule has 3 aromatic rings. The predicted octanol–water partition coefficient (Wildman–Crippen LogP) is 3.79. The van der Waals surface area contributed by atoms with E-state index in [-0.39, 0.29) is 18.9 Å². The average molecular weight is 389 g/mol. The third-order valence-electron chi connectivity index (χ3n) is 5.07. The van der Waals surface area contributed by atoms with Gasteiger partial charge in [-0.3, -0.25) is 4.79 Å². The molecule has 0 bridgehead atoms. The fourth-order valence-corrected chi connectivity index (χ4v) is 3.42. The molecule has 4 heteroatoms. The number of rotatable bonds is 8. The highest BCUT2D eigenvalue weighted by atomic mass is 16.5. The number of aliphatic hydroxyl groups is 1. The minimum absolute atomic E-state index is 0.133. The monoisotopic (exact) mass is 389 g/mol. The number of aryl methyl sites for hydroxylation is 1. The van der Waals surface area contributed by atoms with Crippen molar-refractivity contribution in [3.63, 3.8) is 0 Å². The van der Waals surface area contributed by atoms with Gasteiger partial charge in [0.25, 0.3) is 0 Å². The average Bonchev–Trinajstić information content (AvgIpc) is 2.75. The van der Waals surface area contributed by atoms with Crippen LogP contribution in [0.25, 0.3) is 0 Å². The zero-order valence-electron chi connectivity index (χ0n) is 16.9. The Hall–Kier alpha value is -3.11. The maximum Gasteiger partial charge on any atom is 0.224 e. The van der Waals surface area contributed by atoms with Gasteiger partial charge in [-0.05, 0) is 35.2 Å². The van der Waals surface area contributed by atoms with Crippen molar-refractivity contribution in [2.75, 3.05) is 13.7 Å². The molecule has 1 amide bonds. The number of benzene rings is 3. The Morgan fingerprint density at radius 2 is 1.62 bits per heavy atom. The SMILES string of the molecule is COc1cc(CC(=O)NC[C@@](O)(Cc2ccccc2)c2ccccc2)ccc1C. The smallest absolute Gasteiger partial charge is 0.224 e. The first kappa shape index (κ1) is 20.6. The summed E-state index contributed by atoms with van der Waals surface area (Å²) in [4.78, 5) is 12.6. The Balaban J connectivity index is 1.72. The van der Waals surface area contributed by atoms with Gasteiger partial charge in [-0.1, -0.05) is 72.8 Å². The molecular weight excluding hydrogens is 362 g/mol. The summed E-state index contributed by atoms with van der Waals surface area (Å²) in [5, 5.41) is 14.3. The highest BCUT2D eigenvalue weighted by molar-refractivity contribution is 5.78. The molecule has 0 saturated heterocycles. The molecule has 1 atom stereocenters. The molecule has 0 aliphatic heterocycles. The van der Waals surface area contributed by atoms with Gasteiger partial charge >= 0.3 is 0 Å². The lowest BCUT2D eigenvalue weighted by Crippen LogP contribution is -2.42. The van der Waals surface area contributed by atoms with Crippen LogP contribution < -0.4 is 10.1 Å². The predicted molar refractivity (Wildman–Crippen MR) is 115 cm³/mol. The van der Waals surface area contributed by atoms with Crippen molar-refractivity contribution in [2.24, 2.45) is 0 Å². The molecule has 0 fully saturated rings. The van der Waals surface area contributed by atoms with Gasteiger partial charge in [0, 0.05) is 6.42 Å². The first-order valence-electron chi connectivity index (χ1n) is 9.72. The lowest BCUT2D eigenvalue weighted by molar-refractivity contribution is -0.121. The molecule has 0 aliphatic carbocycles. The van der Waals surface area contributed by atoms with Crippen LogP contribution in [0.5, 0.6) is 5.75 Å². The van der Waals surface area contributed by atoms with Crippen LogP contribution in [0.1, 0.15) is 22.3 Å². The molecule has 0 saturated carbocycles. The van der Waals surface area contributed by atoms with Gasteiger partial charge in [0.15, 0.2) is 0 Å². The Labute approximate surface area is 172 Å². The van der Waals surface area contributed by atoms with Crippen molar-refractivity contribution in [2.45, 2.75) is 25.4 Å². The van der Waals surface area contributed by atoms with Crippen molar-refractivity contribution in [1.29, 1.82) is 0 Å². The van der Waals surface area contributed by atoms with Gasteiger partial charge in [0.05, 0.1) is 20.1 Å². The van der Waals surface area contributed by atoms with E-state index < -0.39 is 5.60 Å². The van der Waals surface area contributed by atoms with Gasteiger partial charge in [0.2, 0.25) is 5.91 Å². The number of carbonyl (C=O) groups is 1. The summed E-state index contributed by atoms with van der Waals surface area (Å²) in [6, 6.07) is 25.0. The minimum atomic E-state index is -1.19. The summed E-state index contributed by atoms with van der Waals surface area (Å²) in [7, 11) is 1.62. The van der Waals surface area contributed by atoms with Crippen LogP contribution in [0.2, 0.25) is 0 Å². The van der Waals surface area contributed by atoms with Crippen LogP contribution in [0.3, 0.4) is 0 Å². The molecule has 0 heterocycles. The third kappa shape index (κ3) is 5.46. The largest absolute Gasteiger partial charge is 0.496 e. The van der Waals surface area contributed by atoms with Crippen LogP contribution >= 0.6 is 0 Å². The molecule has 3 aromatic carbocycles. The quantitative estimate of drug-likeness (QED) is 0.616. The van der Waals surface area contributed by atoms with E-state index in [4.69, 9.17) is 4.74 Å². The van der Waals surface area contributed by atoms with E-state index in [1.807, 2.05) is 85.8 Å². The van der Waals surface area contributed by atoms with Crippen molar-refractivity contribution < 1.29 is 14.6 Å². The second-order valence-electron chi connectivity index (χ2n) is 7.32. The summed E-state index contributed by atoms with van der Waals surface area (Å²) in [5.74, 6) is 0.624. The van der Waals surface area contributed by atoms with Gasteiger partial charge in [-0.15, -0.1) is 0 Å². The van der Waals surface area contributed by atoms with Crippen molar-refractivity contribution >= 4 is 5.91 Å². The molecule has 0 aromatic heterocycles. The van der Waals surface area contributed by atoms with E-state index in [2.05, 4.69) is 5.32 Å². The van der Waals surface area contributed by atoms with E-state index in [1.54, 1.807) is 7.11 Å². The third-order valence-corrected chi connectivity index (χ3v) is 5.07. The van der Waals surface area contributed by atoms with Crippen molar-refractivity contribution in [3.8, 4) is 5.75 Å². The zero-order valence-corrected chi connectivity index (χ0v) is 16.9. The number of hydrogen-bond donors (Lipinski definition) is 2. The summed E-state index contributed by atoms with van der Waals surface area (Å²) in [6.45, 7) is 2.10. The van der Waals surface area contributed by atoms with E-state index in [9.17, 15) is 9.90 Å². The number of amides is 1. The second-order valence-corrected chi connectivity index (χ2v) is 7.32. The highest BCUT2D eigenvalue weighted by Crippen LogP contribution is 2.25. The summed E-state index contributed by atoms with van der Waals surface area (Å²) in [5.41, 5.74) is 2.50. The molecule has 0 aliphatic rings. The van der Waals surface area contributed by atoms with E-state index in [0.717, 1.165) is 28.0 Å². The normalized spacial score (nSPS) is 12.8. The number of hydrogen-bond acceptors (Lipinski definition) is 3. The highest BCUT2D eigenvalue weighted by Gasteiger charge is 2.30. The molecule has 0 unspecified atom stereocenters. The van der Waals surface area contributed by atoms with Crippen molar-refractivity contribution in [1.82, 2.24) is 5.32 Å². The van der Waals surface area contributed by atoms with E-state index >= 15 is 0 Å². The zero-order chi connectivity index (χ0) is 20.7. The van der Waals surface area contributed by atoms with Crippen LogP contribution in [0, 0.1) is 6.92 Å². The fourth-order valence-electron chi connectivity index (χ4n) is 3.42. The number of methoxy groups -OCH3 is 1. The molecule has 0 radical (unpaired) electrons. The number of nitrogens with one attached hydrogen (secondary N) is 1. The summed E-state index contributed by atoms with van der Waals surface area (Å²) in [6.07, 6.45) is 0.642. The van der Waals surface area contributed by atoms with Crippen LogP contribution in [0.15, 0.2) is 78.9 Å². The molecule has 0 spiro atoms. The van der Waals surface area contributed by atoms with Gasteiger partial charge < -0.3 is 15.2 Å². The van der Waals surface area contributed by atoms with Gasteiger partial charge in [-0.25, -0.2) is 0 Å². The number of ether oxygens (including phenoxy) is 1. The standard InChI is InChI=1S/C25H27NO3/c1-19-13-14-21(15-23(19)29-2)16-24(27)26-18-25(28,22-11-7-4-8-12-22)17-20-9-5-3-6-10-20/h3-15,28H,16-18H2,1-2H3,(H,26,27)/t25-/m0/s1. The lowest BCUT2D eigenvalue weighted by atomic mass is 9.87. The first-order chi connectivity index (χ1) is 14.0. The van der Waals surface area contributed by atoms with Gasteiger partial charge in [-0.2, -0.15) is 0 Å². The first-order valence-corrected chi connectivity index (χ1v) is 9.72. The molecule has 150 valence electrons. The van der Waals surface area contributed by atoms with Crippen LogP contribution in [0.4, 0.5) is 0 Å². The van der Waals surface area contributed by atoms with E-state index in [0.29, 0.717) is 6.42 Å². The second kappa shape index (κ2) is 9.39. The Morgan fingerprint density at radius 3 is 2.28 bits per heavy atom. The minimum Gasteiger partial charge on any atom is -0.496 e. The maximum atomic E-state index is 12.6. The summed E-state index contributed by atoms with van der Waals surface area (Å²) < 4.78 is 5.33. The van der Waals surface area contributed by atoms with Crippen LogP contribution in [-0.2, 0) is 23.2 Å². The van der Waals surface area contributed by atoms with E-state index in [1.165, 1.54) is 0 Å². The Morgan fingerprint density at radius 1 is 0.966 bits per heavy atom. The lowest BCUT2D eigenvalue weighted by Gasteiger charge is -2.29. The molecule has 29 heavy (non-hydrogen) atoms.